The van der Waals surface area contributed by atoms with E-state index in [0.717, 1.165) is 60.9 Å². The van der Waals surface area contributed by atoms with Gasteiger partial charge >= 0.3 is 0 Å². The van der Waals surface area contributed by atoms with Crippen LogP contribution in [0.25, 0.3) is 89.5 Å². The number of benzene rings is 4. The van der Waals surface area contributed by atoms with Crippen molar-refractivity contribution in [3.05, 3.63) is 146 Å². The maximum Gasteiger partial charge on any atom is 0.164 e. The summed E-state index contributed by atoms with van der Waals surface area (Å²) >= 11 is 0. The maximum absolute atomic E-state index is 6.11. The van der Waals surface area contributed by atoms with Crippen LogP contribution in [0, 0.1) is 0 Å². The molecule has 0 N–H and O–H groups in total. The van der Waals surface area contributed by atoms with Crippen LogP contribution in [-0.2, 0) is 0 Å². The summed E-state index contributed by atoms with van der Waals surface area (Å²) in [5, 5.41) is 4.15. The average Bonchev–Trinajstić information content (AvgIpc) is 3.52. The third-order valence-corrected chi connectivity index (χ3v) is 8.28. The lowest BCUT2D eigenvalue weighted by Gasteiger charge is -2.09. The van der Waals surface area contributed by atoms with Gasteiger partial charge in [0.2, 0.25) is 0 Å². The van der Waals surface area contributed by atoms with Gasteiger partial charge in [-0.05, 0) is 23.6 Å². The van der Waals surface area contributed by atoms with Gasteiger partial charge in [0.15, 0.2) is 28.6 Å². The van der Waals surface area contributed by atoms with Gasteiger partial charge in [-0.1, -0.05) is 109 Å². The molecule has 0 aliphatic heterocycles. The SMILES string of the molecule is c1ccc(-c2nc(-c3ccccc3)nc(-c3ccc(-c4cc5c(cn4)oc4cnc(-c6cc7ccccc7cn6)cc45)cc3)n2)cc1. The molecule has 0 aliphatic rings. The Kier molecular flexibility index (Phi) is 6.31. The molecule has 0 unspecified atom stereocenters. The van der Waals surface area contributed by atoms with Gasteiger partial charge in [-0.2, -0.15) is 0 Å². The summed E-state index contributed by atoms with van der Waals surface area (Å²) < 4.78 is 6.11. The fraction of sp³-hybridized carbons (Fsp3) is 0. The molecular formula is C40H24N6O. The Morgan fingerprint density at radius 3 is 1.43 bits per heavy atom. The molecular weight excluding hydrogens is 580 g/mol. The van der Waals surface area contributed by atoms with Gasteiger partial charge in [0, 0.05) is 44.6 Å². The maximum atomic E-state index is 6.11. The zero-order valence-electron chi connectivity index (χ0n) is 24.9. The molecule has 9 aromatic rings. The van der Waals surface area contributed by atoms with E-state index in [2.05, 4.69) is 34.2 Å². The number of hydrogen-bond donors (Lipinski definition) is 0. The van der Waals surface area contributed by atoms with Crippen molar-refractivity contribution in [1.29, 1.82) is 0 Å². The fourth-order valence-corrected chi connectivity index (χ4v) is 5.84. The molecule has 4 aromatic carbocycles. The standard InChI is InChI=1S/C40H24N6O/c1-3-9-26(10-4-1)38-44-39(27-11-5-2-6-12-27)46-40(45-38)28-17-15-25(16-18-28)33-20-31-32-21-35(43-24-37(32)47-36(31)23-42-33)34-19-29-13-7-8-14-30(29)22-41-34/h1-24H. The summed E-state index contributed by atoms with van der Waals surface area (Å²) in [4.78, 5) is 28.6. The minimum atomic E-state index is 0.607. The van der Waals surface area contributed by atoms with Crippen LogP contribution in [0.2, 0.25) is 0 Å². The third-order valence-electron chi connectivity index (χ3n) is 8.28. The first-order valence-corrected chi connectivity index (χ1v) is 15.3. The van der Waals surface area contributed by atoms with Gasteiger partial charge in [0.1, 0.15) is 0 Å². The molecule has 0 aliphatic carbocycles. The van der Waals surface area contributed by atoms with E-state index in [1.54, 1.807) is 12.4 Å². The minimum absolute atomic E-state index is 0.607. The molecule has 5 heterocycles. The van der Waals surface area contributed by atoms with Crippen LogP contribution in [0.1, 0.15) is 0 Å². The summed E-state index contributed by atoms with van der Waals surface area (Å²) in [6, 6.07) is 42.5. The van der Waals surface area contributed by atoms with Crippen LogP contribution in [0.3, 0.4) is 0 Å². The fourth-order valence-electron chi connectivity index (χ4n) is 5.84. The van der Waals surface area contributed by atoms with E-state index < -0.39 is 0 Å². The zero-order chi connectivity index (χ0) is 31.2. The first kappa shape index (κ1) is 26.8. The number of rotatable bonds is 5. The molecule has 0 bridgehead atoms. The predicted molar refractivity (Wildman–Crippen MR) is 185 cm³/mol. The summed E-state index contributed by atoms with van der Waals surface area (Å²) in [7, 11) is 0. The van der Waals surface area contributed by atoms with E-state index in [4.69, 9.17) is 24.4 Å². The molecule has 0 saturated heterocycles. The van der Waals surface area contributed by atoms with Gasteiger partial charge in [-0.15, -0.1) is 0 Å². The number of pyridine rings is 3. The lowest BCUT2D eigenvalue weighted by Crippen LogP contribution is -2.00. The monoisotopic (exact) mass is 604 g/mol. The molecule has 47 heavy (non-hydrogen) atoms. The van der Waals surface area contributed by atoms with E-state index in [1.165, 1.54) is 0 Å². The van der Waals surface area contributed by atoms with E-state index in [-0.39, 0.29) is 0 Å². The van der Waals surface area contributed by atoms with Crippen molar-refractivity contribution in [2.24, 2.45) is 0 Å². The first-order valence-electron chi connectivity index (χ1n) is 15.3. The lowest BCUT2D eigenvalue weighted by molar-refractivity contribution is 0.665. The summed E-state index contributed by atoms with van der Waals surface area (Å²) in [5.41, 5.74) is 7.57. The predicted octanol–water partition coefficient (Wildman–Crippen LogP) is 9.44. The molecule has 0 saturated carbocycles. The van der Waals surface area contributed by atoms with Crippen molar-refractivity contribution in [2.75, 3.05) is 0 Å². The minimum Gasteiger partial charge on any atom is -0.453 e. The molecule has 0 atom stereocenters. The van der Waals surface area contributed by atoms with Crippen molar-refractivity contribution in [2.45, 2.75) is 0 Å². The van der Waals surface area contributed by atoms with Gasteiger partial charge in [-0.3, -0.25) is 15.0 Å². The average molecular weight is 605 g/mol. The molecule has 5 aromatic heterocycles. The molecule has 0 amide bonds. The molecule has 0 radical (unpaired) electrons. The van der Waals surface area contributed by atoms with Crippen LogP contribution in [-0.4, -0.2) is 29.9 Å². The number of nitrogens with zero attached hydrogens (tertiary/aromatic N) is 6. The van der Waals surface area contributed by atoms with E-state index in [9.17, 15) is 0 Å². The largest absolute Gasteiger partial charge is 0.453 e. The number of hydrogen-bond acceptors (Lipinski definition) is 7. The normalized spacial score (nSPS) is 11.4. The van der Waals surface area contributed by atoms with Gasteiger partial charge in [-0.25, -0.2) is 15.0 Å². The highest BCUT2D eigenvalue weighted by Crippen LogP contribution is 2.34. The topological polar surface area (TPSA) is 90.5 Å². The summed E-state index contributed by atoms with van der Waals surface area (Å²) in [5.74, 6) is 1.87. The van der Waals surface area contributed by atoms with Crippen LogP contribution in [0.5, 0.6) is 0 Å². The van der Waals surface area contributed by atoms with Gasteiger partial charge in [0.25, 0.3) is 0 Å². The van der Waals surface area contributed by atoms with Crippen molar-refractivity contribution < 1.29 is 4.42 Å². The second-order valence-corrected chi connectivity index (χ2v) is 11.3. The number of aromatic nitrogens is 6. The highest BCUT2D eigenvalue weighted by atomic mass is 16.3. The van der Waals surface area contributed by atoms with Gasteiger partial charge in [0.05, 0.1) is 29.5 Å². The Balaban J connectivity index is 1.09. The number of fused-ring (bicyclic) bond motifs is 4. The van der Waals surface area contributed by atoms with Crippen molar-refractivity contribution in [1.82, 2.24) is 29.9 Å². The first-order chi connectivity index (χ1) is 23.2. The lowest BCUT2D eigenvalue weighted by atomic mass is 10.1. The van der Waals surface area contributed by atoms with Gasteiger partial charge < -0.3 is 4.42 Å². The van der Waals surface area contributed by atoms with Crippen LogP contribution < -0.4 is 0 Å². The van der Waals surface area contributed by atoms with Crippen LogP contribution in [0.4, 0.5) is 0 Å². The Morgan fingerprint density at radius 2 is 0.809 bits per heavy atom. The van der Waals surface area contributed by atoms with E-state index in [0.29, 0.717) is 28.6 Å². The molecule has 220 valence electrons. The second-order valence-electron chi connectivity index (χ2n) is 11.3. The van der Waals surface area contributed by atoms with Crippen molar-refractivity contribution in [3.8, 4) is 56.8 Å². The second kappa shape index (κ2) is 11.1. The number of furan rings is 1. The Morgan fingerprint density at radius 1 is 0.362 bits per heavy atom. The Bertz CT molecular complexity index is 2510. The Labute approximate surface area is 269 Å². The highest BCUT2D eigenvalue weighted by molar-refractivity contribution is 6.06. The molecule has 7 heteroatoms. The molecule has 0 spiro atoms. The Hall–Kier alpha value is -6.60. The zero-order valence-corrected chi connectivity index (χ0v) is 24.9. The summed E-state index contributed by atoms with van der Waals surface area (Å²) in [6.45, 7) is 0. The smallest absolute Gasteiger partial charge is 0.164 e. The summed E-state index contributed by atoms with van der Waals surface area (Å²) in [6.07, 6.45) is 5.42. The van der Waals surface area contributed by atoms with E-state index in [1.807, 2.05) is 109 Å². The van der Waals surface area contributed by atoms with Crippen LogP contribution in [0.15, 0.2) is 150 Å². The molecule has 7 nitrogen and oxygen atoms in total. The van der Waals surface area contributed by atoms with Crippen molar-refractivity contribution >= 4 is 32.7 Å². The molecule has 9 rings (SSSR count). The third kappa shape index (κ3) is 4.96. The quantitative estimate of drug-likeness (QED) is 0.193. The highest BCUT2D eigenvalue weighted by Gasteiger charge is 2.15. The van der Waals surface area contributed by atoms with E-state index >= 15 is 0 Å². The van der Waals surface area contributed by atoms with Crippen molar-refractivity contribution in [3.63, 3.8) is 0 Å². The van der Waals surface area contributed by atoms with Crippen LogP contribution >= 0.6 is 0 Å². The molecule has 0 fully saturated rings.